The van der Waals surface area contributed by atoms with Crippen molar-refractivity contribution < 1.29 is 9.84 Å². The van der Waals surface area contributed by atoms with Crippen molar-refractivity contribution in [1.82, 2.24) is 0 Å². The fraction of sp³-hybridized carbons (Fsp3) is 0.538. The van der Waals surface area contributed by atoms with Gasteiger partial charge in [-0.15, -0.1) is 0 Å². The van der Waals surface area contributed by atoms with Crippen LogP contribution in [0.25, 0.3) is 0 Å². The Balaban J connectivity index is 2.36. The molecule has 0 aliphatic carbocycles. The SMILES string of the molecule is COc1cccc2c1NC(C(C)C)C(O)C2. The highest BCUT2D eigenvalue weighted by molar-refractivity contribution is 5.64. The molecular weight excluding hydrogens is 202 g/mol. The first-order valence-corrected chi connectivity index (χ1v) is 5.74. The molecule has 0 spiro atoms. The lowest BCUT2D eigenvalue weighted by molar-refractivity contribution is 0.129. The summed E-state index contributed by atoms with van der Waals surface area (Å²) >= 11 is 0. The number of para-hydroxylation sites is 1. The van der Waals surface area contributed by atoms with Crippen LogP contribution in [-0.2, 0) is 6.42 Å². The predicted molar refractivity (Wildman–Crippen MR) is 65.0 cm³/mol. The number of benzene rings is 1. The van der Waals surface area contributed by atoms with E-state index in [1.807, 2.05) is 18.2 Å². The Hall–Kier alpha value is -1.22. The molecule has 0 amide bonds. The summed E-state index contributed by atoms with van der Waals surface area (Å²) in [4.78, 5) is 0. The van der Waals surface area contributed by atoms with E-state index in [4.69, 9.17) is 4.74 Å². The van der Waals surface area contributed by atoms with Gasteiger partial charge in [0.25, 0.3) is 0 Å². The van der Waals surface area contributed by atoms with Crippen LogP contribution in [0.4, 0.5) is 5.69 Å². The molecule has 0 bridgehead atoms. The van der Waals surface area contributed by atoms with Gasteiger partial charge in [-0.3, -0.25) is 0 Å². The predicted octanol–water partition coefficient (Wildman–Crippen LogP) is 2.05. The van der Waals surface area contributed by atoms with Crippen LogP contribution in [-0.4, -0.2) is 24.4 Å². The molecule has 1 aliphatic rings. The quantitative estimate of drug-likeness (QED) is 0.803. The summed E-state index contributed by atoms with van der Waals surface area (Å²) in [5, 5.41) is 13.4. The lowest BCUT2D eigenvalue weighted by atomic mass is 9.89. The van der Waals surface area contributed by atoms with E-state index in [1.165, 1.54) is 0 Å². The first-order valence-electron chi connectivity index (χ1n) is 5.74. The van der Waals surface area contributed by atoms with Crippen LogP contribution in [0.5, 0.6) is 5.75 Å². The third-order valence-corrected chi connectivity index (χ3v) is 3.21. The molecule has 16 heavy (non-hydrogen) atoms. The average molecular weight is 221 g/mol. The van der Waals surface area contributed by atoms with Crippen molar-refractivity contribution in [2.24, 2.45) is 5.92 Å². The van der Waals surface area contributed by atoms with Gasteiger partial charge in [0.05, 0.1) is 24.9 Å². The number of aliphatic hydroxyl groups is 1. The molecule has 88 valence electrons. The highest BCUT2D eigenvalue weighted by Crippen LogP contribution is 2.35. The van der Waals surface area contributed by atoms with Crippen molar-refractivity contribution >= 4 is 5.69 Å². The van der Waals surface area contributed by atoms with Crippen molar-refractivity contribution in [1.29, 1.82) is 0 Å². The van der Waals surface area contributed by atoms with E-state index in [0.29, 0.717) is 12.3 Å². The molecule has 1 aliphatic heterocycles. The lowest BCUT2D eigenvalue weighted by Gasteiger charge is -2.34. The molecule has 0 saturated carbocycles. The second-order valence-electron chi connectivity index (χ2n) is 4.68. The maximum atomic E-state index is 10.0. The van der Waals surface area contributed by atoms with Gasteiger partial charge in [-0.25, -0.2) is 0 Å². The van der Waals surface area contributed by atoms with Crippen LogP contribution < -0.4 is 10.1 Å². The highest BCUT2D eigenvalue weighted by Gasteiger charge is 2.29. The zero-order valence-corrected chi connectivity index (χ0v) is 10.0. The first-order chi connectivity index (χ1) is 7.63. The molecule has 1 heterocycles. The molecule has 0 aromatic heterocycles. The Labute approximate surface area is 96.4 Å². The molecule has 2 N–H and O–H groups in total. The Bertz CT molecular complexity index is 376. The summed E-state index contributed by atoms with van der Waals surface area (Å²) in [7, 11) is 1.67. The minimum atomic E-state index is -0.320. The number of hydrogen-bond donors (Lipinski definition) is 2. The van der Waals surface area contributed by atoms with Gasteiger partial charge >= 0.3 is 0 Å². The number of ether oxygens (including phenoxy) is 1. The second kappa shape index (κ2) is 4.34. The first kappa shape index (κ1) is 11.3. The number of anilines is 1. The molecule has 2 unspecified atom stereocenters. The van der Waals surface area contributed by atoms with Crippen LogP contribution in [0.1, 0.15) is 19.4 Å². The molecule has 3 nitrogen and oxygen atoms in total. The number of aliphatic hydroxyl groups excluding tert-OH is 1. The van der Waals surface area contributed by atoms with Crippen molar-refractivity contribution in [3.63, 3.8) is 0 Å². The van der Waals surface area contributed by atoms with Gasteiger partial charge in [-0.05, 0) is 17.5 Å². The maximum Gasteiger partial charge on any atom is 0.142 e. The summed E-state index contributed by atoms with van der Waals surface area (Å²) in [5.74, 6) is 1.25. The van der Waals surface area contributed by atoms with Crippen molar-refractivity contribution in [3.05, 3.63) is 23.8 Å². The van der Waals surface area contributed by atoms with Gasteiger partial charge in [0, 0.05) is 6.42 Å². The van der Waals surface area contributed by atoms with E-state index in [2.05, 4.69) is 19.2 Å². The monoisotopic (exact) mass is 221 g/mol. The van der Waals surface area contributed by atoms with Gasteiger partial charge in [0.1, 0.15) is 5.75 Å². The number of methoxy groups -OCH3 is 1. The zero-order chi connectivity index (χ0) is 11.7. The molecule has 1 aromatic carbocycles. The lowest BCUT2D eigenvalue weighted by Crippen LogP contribution is -2.42. The fourth-order valence-electron chi connectivity index (χ4n) is 2.31. The van der Waals surface area contributed by atoms with E-state index in [-0.39, 0.29) is 12.1 Å². The summed E-state index contributed by atoms with van der Waals surface area (Å²) in [6.45, 7) is 4.22. The number of hydrogen-bond acceptors (Lipinski definition) is 3. The normalized spacial score (nSPS) is 23.8. The molecule has 0 saturated heterocycles. The second-order valence-corrected chi connectivity index (χ2v) is 4.68. The van der Waals surface area contributed by atoms with Gasteiger partial charge in [0.15, 0.2) is 0 Å². The summed E-state index contributed by atoms with van der Waals surface area (Å²) < 4.78 is 5.33. The van der Waals surface area contributed by atoms with Crippen LogP contribution in [0.15, 0.2) is 18.2 Å². The van der Waals surface area contributed by atoms with Crippen LogP contribution >= 0.6 is 0 Å². The summed E-state index contributed by atoms with van der Waals surface area (Å²) in [6, 6.07) is 6.04. The van der Waals surface area contributed by atoms with Crippen LogP contribution in [0.3, 0.4) is 0 Å². The Morgan fingerprint density at radius 1 is 1.44 bits per heavy atom. The fourth-order valence-corrected chi connectivity index (χ4v) is 2.31. The van der Waals surface area contributed by atoms with Gasteiger partial charge in [0.2, 0.25) is 0 Å². The van der Waals surface area contributed by atoms with E-state index in [1.54, 1.807) is 7.11 Å². The van der Waals surface area contributed by atoms with Crippen molar-refractivity contribution in [2.75, 3.05) is 12.4 Å². The smallest absolute Gasteiger partial charge is 0.142 e. The standard InChI is InChI=1S/C13H19NO2/c1-8(2)12-10(15)7-9-5-4-6-11(16-3)13(9)14-12/h4-6,8,10,12,14-15H,7H2,1-3H3. The van der Waals surface area contributed by atoms with Crippen LogP contribution in [0, 0.1) is 5.92 Å². The van der Waals surface area contributed by atoms with Gasteiger partial charge in [-0.1, -0.05) is 26.0 Å². The molecule has 3 heteroatoms. The topological polar surface area (TPSA) is 41.5 Å². The molecule has 0 fully saturated rings. The Morgan fingerprint density at radius 2 is 2.19 bits per heavy atom. The highest BCUT2D eigenvalue weighted by atomic mass is 16.5. The van der Waals surface area contributed by atoms with Crippen molar-refractivity contribution in [3.8, 4) is 5.75 Å². The molecule has 2 rings (SSSR count). The zero-order valence-electron chi connectivity index (χ0n) is 10.0. The van der Waals surface area contributed by atoms with E-state index < -0.39 is 0 Å². The minimum absolute atomic E-state index is 0.101. The molecule has 1 aromatic rings. The summed E-state index contributed by atoms with van der Waals surface area (Å²) in [6.07, 6.45) is 0.377. The number of nitrogens with one attached hydrogen (secondary N) is 1. The molecule has 2 atom stereocenters. The van der Waals surface area contributed by atoms with E-state index in [0.717, 1.165) is 17.0 Å². The van der Waals surface area contributed by atoms with Gasteiger partial charge in [-0.2, -0.15) is 0 Å². The van der Waals surface area contributed by atoms with Crippen LogP contribution in [0.2, 0.25) is 0 Å². The van der Waals surface area contributed by atoms with E-state index in [9.17, 15) is 5.11 Å². The molecule has 0 radical (unpaired) electrons. The van der Waals surface area contributed by atoms with E-state index >= 15 is 0 Å². The minimum Gasteiger partial charge on any atom is -0.495 e. The Morgan fingerprint density at radius 3 is 2.81 bits per heavy atom. The largest absolute Gasteiger partial charge is 0.495 e. The third kappa shape index (κ3) is 1.87. The van der Waals surface area contributed by atoms with Crippen molar-refractivity contribution in [2.45, 2.75) is 32.4 Å². The summed E-state index contributed by atoms with van der Waals surface area (Å²) in [5.41, 5.74) is 2.16. The molecular formula is C13H19NO2. The third-order valence-electron chi connectivity index (χ3n) is 3.21. The van der Waals surface area contributed by atoms with Gasteiger partial charge < -0.3 is 15.2 Å². The number of fused-ring (bicyclic) bond motifs is 1. The number of rotatable bonds is 2. The average Bonchev–Trinajstić information content (AvgIpc) is 2.26. The maximum absolute atomic E-state index is 10.0. The Kier molecular flexibility index (Phi) is 3.06.